The summed E-state index contributed by atoms with van der Waals surface area (Å²) in [5, 5.41) is 5.91. The predicted octanol–water partition coefficient (Wildman–Crippen LogP) is 4.34. The molecule has 0 aliphatic carbocycles. The summed E-state index contributed by atoms with van der Waals surface area (Å²) in [6, 6.07) is 7.45. The number of hydrogen-bond acceptors (Lipinski definition) is 2. The molecule has 25 heavy (non-hydrogen) atoms. The van der Waals surface area contributed by atoms with Crippen molar-refractivity contribution in [3.63, 3.8) is 0 Å². The number of hydrogen-bond donors (Lipinski definition) is 1. The SMILES string of the molecule is CCn1cc(CN(CC(C)C)C(=O)c2cc3cc(Cl)ccc3[nH]2)cn1. The number of halogens is 1. The molecular weight excluding hydrogens is 336 g/mol. The summed E-state index contributed by atoms with van der Waals surface area (Å²) in [6.07, 6.45) is 3.82. The normalized spacial score (nSPS) is 11.4. The van der Waals surface area contributed by atoms with Gasteiger partial charge < -0.3 is 9.88 Å². The maximum atomic E-state index is 13.1. The standard InChI is InChI=1S/C19H23ClN4O/c1-4-24-12-14(9-21-24)11-23(10-13(2)3)19(25)18-8-15-7-16(20)5-6-17(15)22-18/h5-9,12-13,22H,4,10-11H2,1-3H3. The van der Waals surface area contributed by atoms with Gasteiger partial charge in [0.2, 0.25) is 0 Å². The Morgan fingerprint density at radius 3 is 2.84 bits per heavy atom. The highest BCUT2D eigenvalue weighted by atomic mass is 35.5. The fourth-order valence-electron chi connectivity index (χ4n) is 2.93. The van der Waals surface area contributed by atoms with Gasteiger partial charge in [-0.05, 0) is 37.1 Å². The van der Waals surface area contributed by atoms with Crippen LogP contribution in [-0.4, -0.2) is 32.1 Å². The summed E-state index contributed by atoms with van der Waals surface area (Å²) in [5.41, 5.74) is 2.53. The van der Waals surface area contributed by atoms with Gasteiger partial charge in [0.1, 0.15) is 5.69 Å². The summed E-state index contributed by atoms with van der Waals surface area (Å²) < 4.78 is 1.87. The zero-order chi connectivity index (χ0) is 18.0. The van der Waals surface area contributed by atoms with Crippen LogP contribution in [0.1, 0.15) is 36.8 Å². The number of rotatable bonds is 6. The molecule has 1 amide bonds. The molecule has 0 spiro atoms. The Bertz CT molecular complexity index is 881. The number of H-pyrrole nitrogens is 1. The Morgan fingerprint density at radius 1 is 1.36 bits per heavy atom. The summed E-state index contributed by atoms with van der Waals surface area (Å²) >= 11 is 6.04. The van der Waals surface area contributed by atoms with Crippen LogP contribution in [0, 0.1) is 5.92 Å². The van der Waals surface area contributed by atoms with E-state index in [1.54, 1.807) is 0 Å². The van der Waals surface area contributed by atoms with Crippen molar-refractivity contribution < 1.29 is 4.79 Å². The summed E-state index contributed by atoms with van der Waals surface area (Å²) in [6.45, 7) is 8.32. The first-order chi connectivity index (χ1) is 12.0. The van der Waals surface area contributed by atoms with Crippen LogP contribution in [0.25, 0.3) is 10.9 Å². The van der Waals surface area contributed by atoms with E-state index in [2.05, 4.69) is 23.9 Å². The number of carbonyl (C=O) groups excluding carboxylic acids is 1. The molecule has 2 aromatic heterocycles. The maximum absolute atomic E-state index is 13.1. The van der Waals surface area contributed by atoms with E-state index in [-0.39, 0.29) is 5.91 Å². The maximum Gasteiger partial charge on any atom is 0.270 e. The van der Waals surface area contributed by atoms with E-state index in [0.29, 0.717) is 29.7 Å². The zero-order valence-corrected chi connectivity index (χ0v) is 15.5. The van der Waals surface area contributed by atoms with E-state index < -0.39 is 0 Å². The molecule has 1 aromatic carbocycles. The van der Waals surface area contributed by atoms with Gasteiger partial charge in [-0.25, -0.2) is 0 Å². The Morgan fingerprint density at radius 2 is 2.16 bits per heavy atom. The predicted molar refractivity (Wildman–Crippen MR) is 101 cm³/mol. The number of nitrogens with one attached hydrogen (secondary N) is 1. The van der Waals surface area contributed by atoms with Gasteiger partial charge in [-0.15, -0.1) is 0 Å². The Labute approximate surface area is 152 Å². The third kappa shape index (κ3) is 4.04. The van der Waals surface area contributed by atoms with Crippen LogP contribution in [0.5, 0.6) is 0 Å². The molecule has 0 unspecified atom stereocenters. The quantitative estimate of drug-likeness (QED) is 0.712. The van der Waals surface area contributed by atoms with E-state index in [9.17, 15) is 4.79 Å². The Kier molecular flexibility index (Phi) is 5.13. The summed E-state index contributed by atoms with van der Waals surface area (Å²) in [4.78, 5) is 18.1. The number of aromatic nitrogens is 3. The molecule has 0 radical (unpaired) electrons. The van der Waals surface area contributed by atoms with Gasteiger partial charge in [0, 0.05) is 47.3 Å². The van der Waals surface area contributed by atoms with Crippen LogP contribution in [0.2, 0.25) is 5.02 Å². The first-order valence-electron chi connectivity index (χ1n) is 8.55. The van der Waals surface area contributed by atoms with Crippen molar-refractivity contribution in [2.24, 2.45) is 5.92 Å². The highest BCUT2D eigenvalue weighted by molar-refractivity contribution is 6.31. The molecule has 0 aliphatic heterocycles. The van der Waals surface area contributed by atoms with Crippen LogP contribution in [0.4, 0.5) is 0 Å². The number of carbonyl (C=O) groups is 1. The highest BCUT2D eigenvalue weighted by Crippen LogP contribution is 2.21. The largest absolute Gasteiger partial charge is 0.351 e. The molecule has 132 valence electrons. The fraction of sp³-hybridized carbons (Fsp3) is 0.368. The zero-order valence-electron chi connectivity index (χ0n) is 14.8. The minimum atomic E-state index is -0.00901. The van der Waals surface area contributed by atoms with Gasteiger partial charge in [0.25, 0.3) is 5.91 Å². The molecule has 0 bridgehead atoms. The van der Waals surface area contributed by atoms with Crippen LogP contribution < -0.4 is 0 Å². The van der Waals surface area contributed by atoms with E-state index in [1.807, 2.05) is 53.2 Å². The highest BCUT2D eigenvalue weighted by Gasteiger charge is 2.20. The van der Waals surface area contributed by atoms with Crippen molar-refractivity contribution >= 4 is 28.4 Å². The van der Waals surface area contributed by atoms with Crippen molar-refractivity contribution in [3.8, 4) is 0 Å². The van der Waals surface area contributed by atoms with Gasteiger partial charge in [0.05, 0.1) is 6.20 Å². The number of nitrogens with zero attached hydrogens (tertiary/aromatic N) is 3. The third-order valence-corrected chi connectivity index (χ3v) is 4.31. The average Bonchev–Trinajstić information content (AvgIpc) is 3.19. The lowest BCUT2D eigenvalue weighted by atomic mass is 10.2. The number of aryl methyl sites for hydroxylation is 1. The molecule has 5 nitrogen and oxygen atoms in total. The molecule has 3 aromatic rings. The van der Waals surface area contributed by atoms with Crippen LogP contribution in [-0.2, 0) is 13.1 Å². The van der Waals surface area contributed by atoms with E-state index in [1.165, 1.54) is 0 Å². The molecule has 0 atom stereocenters. The molecule has 0 saturated heterocycles. The van der Waals surface area contributed by atoms with Gasteiger partial charge >= 0.3 is 0 Å². The molecular formula is C19H23ClN4O. The monoisotopic (exact) mass is 358 g/mol. The summed E-state index contributed by atoms with van der Waals surface area (Å²) in [5.74, 6) is 0.370. The lowest BCUT2D eigenvalue weighted by Crippen LogP contribution is -2.33. The third-order valence-electron chi connectivity index (χ3n) is 4.07. The minimum absolute atomic E-state index is 0.00901. The lowest BCUT2D eigenvalue weighted by Gasteiger charge is -2.23. The fourth-order valence-corrected chi connectivity index (χ4v) is 3.11. The van der Waals surface area contributed by atoms with E-state index >= 15 is 0 Å². The number of amides is 1. The second-order valence-electron chi connectivity index (χ2n) is 6.70. The molecule has 6 heteroatoms. The second kappa shape index (κ2) is 7.31. The molecule has 0 saturated carbocycles. The lowest BCUT2D eigenvalue weighted by molar-refractivity contribution is 0.0717. The average molecular weight is 359 g/mol. The first-order valence-corrected chi connectivity index (χ1v) is 8.93. The molecule has 3 rings (SSSR count). The van der Waals surface area contributed by atoms with Gasteiger partial charge in [-0.1, -0.05) is 25.4 Å². The minimum Gasteiger partial charge on any atom is -0.351 e. The van der Waals surface area contributed by atoms with Crippen molar-refractivity contribution in [1.29, 1.82) is 0 Å². The van der Waals surface area contributed by atoms with Gasteiger partial charge in [-0.2, -0.15) is 5.10 Å². The smallest absolute Gasteiger partial charge is 0.270 e. The van der Waals surface area contributed by atoms with E-state index in [0.717, 1.165) is 23.0 Å². The van der Waals surface area contributed by atoms with Crippen molar-refractivity contribution in [3.05, 3.63) is 52.9 Å². The van der Waals surface area contributed by atoms with E-state index in [4.69, 9.17) is 11.6 Å². The Balaban J connectivity index is 1.86. The van der Waals surface area contributed by atoms with Crippen LogP contribution in [0.3, 0.4) is 0 Å². The number of fused-ring (bicyclic) bond motifs is 1. The van der Waals surface area contributed by atoms with Crippen molar-refractivity contribution in [2.45, 2.75) is 33.9 Å². The first kappa shape index (κ1) is 17.5. The summed E-state index contributed by atoms with van der Waals surface area (Å²) in [7, 11) is 0. The van der Waals surface area contributed by atoms with Crippen LogP contribution >= 0.6 is 11.6 Å². The molecule has 1 N–H and O–H groups in total. The second-order valence-corrected chi connectivity index (χ2v) is 7.13. The van der Waals surface area contributed by atoms with Crippen molar-refractivity contribution in [1.82, 2.24) is 19.7 Å². The number of benzene rings is 1. The number of aromatic amines is 1. The van der Waals surface area contributed by atoms with Gasteiger partial charge in [0.15, 0.2) is 0 Å². The topological polar surface area (TPSA) is 53.9 Å². The van der Waals surface area contributed by atoms with Crippen LogP contribution in [0.15, 0.2) is 36.7 Å². The molecule has 0 fully saturated rings. The molecule has 2 heterocycles. The van der Waals surface area contributed by atoms with Gasteiger partial charge in [-0.3, -0.25) is 9.48 Å². The molecule has 0 aliphatic rings. The van der Waals surface area contributed by atoms with Crippen molar-refractivity contribution in [2.75, 3.05) is 6.54 Å². The Hall–Kier alpha value is -2.27.